The van der Waals surface area contributed by atoms with Crippen molar-refractivity contribution in [2.45, 2.75) is 13.3 Å². The van der Waals surface area contributed by atoms with Crippen molar-refractivity contribution < 1.29 is 4.74 Å². The lowest BCUT2D eigenvalue weighted by atomic mass is 9.86. The maximum absolute atomic E-state index is 4.97. The van der Waals surface area contributed by atoms with Gasteiger partial charge in [-0.1, -0.05) is 6.92 Å². The van der Waals surface area contributed by atoms with Gasteiger partial charge in [0.25, 0.3) is 0 Å². The molecule has 1 saturated heterocycles. The van der Waals surface area contributed by atoms with Crippen LogP contribution in [0.25, 0.3) is 0 Å². The highest BCUT2D eigenvalue weighted by atomic mass is 16.5. The topological polar surface area (TPSA) is 9.23 Å². The molecule has 41 valence electrons. The first-order valence-corrected chi connectivity index (χ1v) is 2.70. The summed E-state index contributed by atoms with van der Waals surface area (Å²) in [5, 5.41) is 0. The summed E-state index contributed by atoms with van der Waals surface area (Å²) in [5.74, 6) is 0. The van der Waals surface area contributed by atoms with Crippen molar-refractivity contribution in [3.8, 4) is 0 Å². The largest absolute Gasteiger partial charge is 0.380 e. The van der Waals surface area contributed by atoms with E-state index in [-0.39, 0.29) is 0 Å². The predicted molar refractivity (Wildman–Crippen MR) is 28.9 cm³/mol. The fraction of sp³-hybridized carbons (Fsp3) is 0.833. The molecule has 7 heavy (non-hydrogen) atoms. The zero-order valence-electron chi connectivity index (χ0n) is 4.74. The van der Waals surface area contributed by atoms with Crippen molar-refractivity contribution in [2.24, 2.45) is 5.41 Å². The number of rotatable bonds is 1. The van der Waals surface area contributed by atoms with Crippen LogP contribution in [0.1, 0.15) is 13.3 Å². The Morgan fingerprint density at radius 2 is 2.29 bits per heavy atom. The maximum Gasteiger partial charge on any atom is 0.0544 e. The fourth-order valence-corrected chi connectivity index (χ4v) is 0.595. The summed E-state index contributed by atoms with van der Waals surface area (Å²) >= 11 is 0. The lowest BCUT2D eigenvalue weighted by molar-refractivity contribution is -0.0857. The second-order valence-corrected chi connectivity index (χ2v) is 2.35. The highest BCUT2D eigenvalue weighted by Gasteiger charge is 2.30. The van der Waals surface area contributed by atoms with Gasteiger partial charge in [-0.2, -0.15) is 0 Å². The average Bonchev–Trinajstić information content (AvgIpc) is 1.61. The Labute approximate surface area is 44.7 Å². The van der Waals surface area contributed by atoms with E-state index in [1.54, 1.807) is 0 Å². The molecule has 0 saturated carbocycles. The van der Waals surface area contributed by atoms with Gasteiger partial charge in [0.05, 0.1) is 13.2 Å². The third kappa shape index (κ3) is 0.778. The molecular formula is C6H11O. The first-order valence-electron chi connectivity index (χ1n) is 2.70. The van der Waals surface area contributed by atoms with Crippen LogP contribution >= 0.6 is 0 Å². The minimum Gasteiger partial charge on any atom is -0.380 e. The zero-order chi connectivity index (χ0) is 5.33. The number of ether oxygens (including phenoxy) is 1. The van der Waals surface area contributed by atoms with Crippen LogP contribution in [0.4, 0.5) is 0 Å². The van der Waals surface area contributed by atoms with E-state index in [4.69, 9.17) is 4.74 Å². The van der Waals surface area contributed by atoms with E-state index in [1.165, 1.54) is 0 Å². The third-order valence-electron chi connectivity index (χ3n) is 1.57. The normalized spacial score (nSPS) is 26.6. The van der Waals surface area contributed by atoms with Gasteiger partial charge in [-0.05, 0) is 13.3 Å². The average molecular weight is 99.2 g/mol. The molecule has 0 aromatic carbocycles. The van der Waals surface area contributed by atoms with E-state index in [1.807, 2.05) is 0 Å². The van der Waals surface area contributed by atoms with Crippen molar-refractivity contribution in [2.75, 3.05) is 13.2 Å². The molecule has 1 rings (SSSR count). The predicted octanol–water partition coefficient (Wildman–Crippen LogP) is 1.25. The van der Waals surface area contributed by atoms with Crippen LogP contribution in [0.3, 0.4) is 0 Å². The molecule has 0 N–H and O–H groups in total. The highest BCUT2D eigenvalue weighted by Crippen LogP contribution is 2.28. The Morgan fingerprint density at radius 1 is 1.71 bits per heavy atom. The highest BCUT2D eigenvalue weighted by molar-refractivity contribution is 4.85. The van der Waals surface area contributed by atoms with Gasteiger partial charge in [-0.25, -0.2) is 0 Å². The summed E-state index contributed by atoms with van der Waals surface area (Å²) in [4.78, 5) is 0. The van der Waals surface area contributed by atoms with Crippen LogP contribution in [0.15, 0.2) is 0 Å². The van der Waals surface area contributed by atoms with Crippen LogP contribution in [0.2, 0.25) is 0 Å². The second-order valence-electron chi connectivity index (χ2n) is 2.35. The van der Waals surface area contributed by atoms with E-state index >= 15 is 0 Å². The lowest BCUT2D eigenvalue weighted by Gasteiger charge is -2.36. The zero-order valence-corrected chi connectivity index (χ0v) is 4.74. The van der Waals surface area contributed by atoms with E-state index in [0.717, 1.165) is 19.6 Å². The van der Waals surface area contributed by atoms with Gasteiger partial charge in [0, 0.05) is 5.41 Å². The SMILES string of the molecule is [CH2]C1(CC)COC1. The molecule has 0 unspecified atom stereocenters. The third-order valence-corrected chi connectivity index (χ3v) is 1.57. The van der Waals surface area contributed by atoms with Gasteiger partial charge in [-0.3, -0.25) is 0 Å². The Bertz CT molecular complexity index is 59.1. The Kier molecular flexibility index (Phi) is 1.08. The van der Waals surface area contributed by atoms with Gasteiger partial charge in [0.2, 0.25) is 0 Å². The summed E-state index contributed by atoms with van der Waals surface area (Å²) < 4.78 is 4.97. The summed E-state index contributed by atoms with van der Waals surface area (Å²) in [7, 11) is 0. The van der Waals surface area contributed by atoms with E-state index in [9.17, 15) is 0 Å². The summed E-state index contributed by atoms with van der Waals surface area (Å²) in [6.07, 6.45) is 1.15. The smallest absolute Gasteiger partial charge is 0.0544 e. The first kappa shape index (κ1) is 5.10. The van der Waals surface area contributed by atoms with E-state index < -0.39 is 0 Å². The van der Waals surface area contributed by atoms with E-state index in [0.29, 0.717) is 5.41 Å². The molecule has 1 heterocycles. The molecule has 1 heteroatoms. The van der Waals surface area contributed by atoms with Gasteiger partial charge < -0.3 is 4.74 Å². The molecular weight excluding hydrogens is 88.1 g/mol. The number of hydrogen-bond acceptors (Lipinski definition) is 1. The molecule has 0 aliphatic carbocycles. The van der Waals surface area contributed by atoms with Crippen molar-refractivity contribution in [3.63, 3.8) is 0 Å². The van der Waals surface area contributed by atoms with Crippen LogP contribution in [-0.4, -0.2) is 13.2 Å². The van der Waals surface area contributed by atoms with Crippen LogP contribution < -0.4 is 0 Å². The van der Waals surface area contributed by atoms with Gasteiger partial charge >= 0.3 is 0 Å². The van der Waals surface area contributed by atoms with Crippen molar-refractivity contribution in [3.05, 3.63) is 6.92 Å². The van der Waals surface area contributed by atoms with Crippen molar-refractivity contribution in [1.29, 1.82) is 0 Å². The van der Waals surface area contributed by atoms with Gasteiger partial charge in [0.1, 0.15) is 0 Å². The van der Waals surface area contributed by atoms with Crippen molar-refractivity contribution >= 4 is 0 Å². The molecule has 0 bridgehead atoms. The molecule has 1 fully saturated rings. The van der Waals surface area contributed by atoms with Gasteiger partial charge in [-0.15, -0.1) is 0 Å². The minimum atomic E-state index is 0.292. The van der Waals surface area contributed by atoms with Crippen LogP contribution in [0.5, 0.6) is 0 Å². The molecule has 0 aromatic heterocycles. The Morgan fingerprint density at radius 3 is 2.29 bits per heavy atom. The minimum absolute atomic E-state index is 0.292. The standard InChI is InChI=1S/C6H11O/c1-3-6(2)4-7-5-6/h2-5H2,1H3. The Balaban J connectivity index is 2.29. The molecule has 1 aliphatic heterocycles. The second kappa shape index (κ2) is 1.48. The molecule has 0 spiro atoms. The van der Waals surface area contributed by atoms with Crippen LogP contribution in [-0.2, 0) is 4.74 Å². The molecule has 1 nitrogen and oxygen atoms in total. The van der Waals surface area contributed by atoms with Gasteiger partial charge in [0.15, 0.2) is 0 Å². The summed E-state index contributed by atoms with van der Waals surface area (Å²) in [6.45, 7) is 7.85. The van der Waals surface area contributed by atoms with Crippen molar-refractivity contribution in [1.82, 2.24) is 0 Å². The van der Waals surface area contributed by atoms with E-state index in [2.05, 4.69) is 13.8 Å². The summed E-state index contributed by atoms with van der Waals surface area (Å²) in [5.41, 5.74) is 0.292. The number of hydrogen-bond donors (Lipinski definition) is 0. The molecule has 1 aliphatic rings. The Hall–Kier alpha value is -0.0400. The van der Waals surface area contributed by atoms with Crippen LogP contribution in [0, 0.1) is 12.3 Å². The summed E-state index contributed by atoms with van der Waals surface area (Å²) in [6, 6.07) is 0. The molecule has 0 amide bonds. The fourth-order valence-electron chi connectivity index (χ4n) is 0.595. The monoisotopic (exact) mass is 99.1 g/mol. The first-order chi connectivity index (χ1) is 3.27. The molecule has 0 atom stereocenters. The molecule has 1 radical (unpaired) electrons. The maximum atomic E-state index is 4.97. The lowest BCUT2D eigenvalue weighted by Crippen LogP contribution is -2.39. The quantitative estimate of drug-likeness (QED) is 0.480. The molecule has 0 aromatic rings.